The van der Waals surface area contributed by atoms with E-state index in [9.17, 15) is 0 Å². The molecule has 3 nitrogen and oxygen atoms in total. The summed E-state index contributed by atoms with van der Waals surface area (Å²) in [7, 11) is 0. The molecule has 0 saturated heterocycles. The van der Waals surface area contributed by atoms with Gasteiger partial charge in [-0.15, -0.1) is 11.3 Å². The van der Waals surface area contributed by atoms with Gasteiger partial charge in [-0.25, -0.2) is 15.0 Å². The van der Waals surface area contributed by atoms with Crippen molar-refractivity contribution in [3.05, 3.63) is 212 Å². The summed E-state index contributed by atoms with van der Waals surface area (Å²) in [5.74, 6) is 1.93. The first-order chi connectivity index (χ1) is 30.2. The highest BCUT2D eigenvalue weighted by Crippen LogP contribution is 2.42. The zero-order valence-electron chi connectivity index (χ0n) is 33.0. The second-order valence-corrected chi connectivity index (χ2v) is 16.7. The number of hydrogen-bond acceptors (Lipinski definition) is 4. The van der Waals surface area contributed by atoms with Crippen LogP contribution in [0.25, 0.3) is 120 Å². The summed E-state index contributed by atoms with van der Waals surface area (Å²) in [6.07, 6.45) is 0. The number of benzene rings is 10. The standard InChI is InChI=1S/C57H35N3S/c1-2-16-43-35-53-51(34-42(43)15-1)54-48(27-12-30-52(54)61-53)44-23-8-21-40(32-44)38-19-7-20-39(31-38)41-22-9-24-45(33-41)55-58-56(49-28-10-17-36-13-3-5-25-46(36)49)60-57(59-55)50-29-11-18-37-14-4-6-26-47(37)50/h1-35H. The minimum atomic E-state index is 0.634. The van der Waals surface area contributed by atoms with Crippen molar-refractivity contribution in [1.82, 2.24) is 15.0 Å². The Kier molecular flexibility index (Phi) is 8.36. The lowest BCUT2D eigenvalue weighted by Gasteiger charge is -2.13. The molecule has 0 radical (unpaired) electrons. The molecule has 0 spiro atoms. The van der Waals surface area contributed by atoms with E-state index in [1.54, 1.807) is 0 Å². The van der Waals surface area contributed by atoms with Crippen LogP contribution in [-0.2, 0) is 0 Å². The molecular formula is C57H35N3S. The quantitative estimate of drug-likeness (QED) is 0.168. The van der Waals surface area contributed by atoms with Crippen molar-refractivity contribution in [2.24, 2.45) is 0 Å². The molecule has 0 bridgehead atoms. The number of nitrogens with zero attached hydrogens (tertiary/aromatic N) is 3. The summed E-state index contributed by atoms with van der Waals surface area (Å²) in [6, 6.07) is 75.9. The first-order valence-electron chi connectivity index (χ1n) is 20.6. The van der Waals surface area contributed by atoms with E-state index in [1.807, 2.05) is 11.3 Å². The maximum atomic E-state index is 5.20. The minimum absolute atomic E-state index is 0.634. The third kappa shape index (κ3) is 6.24. The van der Waals surface area contributed by atoms with Crippen molar-refractivity contribution in [2.45, 2.75) is 0 Å². The predicted molar refractivity (Wildman–Crippen MR) is 258 cm³/mol. The molecule has 0 aliphatic rings. The molecule has 0 atom stereocenters. The van der Waals surface area contributed by atoms with Gasteiger partial charge in [0.05, 0.1) is 0 Å². The summed E-state index contributed by atoms with van der Waals surface area (Å²) in [4.78, 5) is 15.6. The first kappa shape index (κ1) is 35.2. The summed E-state index contributed by atoms with van der Waals surface area (Å²) < 4.78 is 2.63. The second-order valence-electron chi connectivity index (χ2n) is 15.6. The summed E-state index contributed by atoms with van der Waals surface area (Å²) >= 11 is 1.87. The molecule has 12 rings (SSSR count). The lowest BCUT2D eigenvalue weighted by atomic mass is 9.94. The van der Waals surface area contributed by atoms with E-state index in [1.165, 1.54) is 47.6 Å². The second kappa shape index (κ2) is 14.5. The van der Waals surface area contributed by atoms with Crippen LogP contribution in [0.3, 0.4) is 0 Å². The van der Waals surface area contributed by atoms with Crippen molar-refractivity contribution in [3.8, 4) is 67.5 Å². The van der Waals surface area contributed by atoms with Crippen molar-refractivity contribution in [2.75, 3.05) is 0 Å². The van der Waals surface area contributed by atoms with Crippen LogP contribution in [-0.4, -0.2) is 15.0 Å². The number of fused-ring (bicyclic) bond motifs is 6. The Morgan fingerprint density at radius 1 is 0.262 bits per heavy atom. The zero-order chi connectivity index (χ0) is 40.3. The van der Waals surface area contributed by atoms with Gasteiger partial charge in [0.1, 0.15) is 0 Å². The Labute approximate surface area is 356 Å². The van der Waals surface area contributed by atoms with Crippen LogP contribution in [0.1, 0.15) is 0 Å². The van der Waals surface area contributed by atoms with Crippen LogP contribution in [0.15, 0.2) is 212 Å². The van der Waals surface area contributed by atoms with Gasteiger partial charge in [-0.2, -0.15) is 0 Å². The topological polar surface area (TPSA) is 38.7 Å². The molecule has 0 aliphatic carbocycles. The number of hydrogen-bond donors (Lipinski definition) is 0. The average molecular weight is 794 g/mol. The SMILES string of the molecule is c1cc(-c2cccc(-c3nc(-c4cccc5ccccc45)nc(-c4cccc5ccccc45)n3)c2)cc(-c2cccc(-c3cccc4sc5cc6ccccc6cc5c34)c2)c1. The highest BCUT2D eigenvalue weighted by Gasteiger charge is 2.17. The fraction of sp³-hybridized carbons (Fsp3) is 0. The molecule has 10 aromatic carbocycles. The molecule has 0 saturated carbocycles. The molecule has 0 unspecified atom stereocenters. The number of thiophene rings is 1. The summed E-state index contributed by atoms with van der Waals surface area (Å²) in [5, 5.41) is 9.68. The Hall–Kier alpha value is -7.79. The molecule has 0 amide bonds. The highest BCUT2D eigenvalue weighted by molar-refractivity contribution is 7.26. The van der Waals surface area contributed by atoms with Crippen molar-refractivity contribution in [1.29, 1.82) is 0 Å². The molecule has 12 aromatic rings. The Balaban J connectivity index is 0.948. The third-order valence-corrected chi connectivity index (χ3v) is 13.0. The minimum Gasteiger partial charge on any atom is -0.208 e. The molecule has 61 heavy (non-hydrogen) atoms. The van der Waals surface area contributed by atoms with Crippen molar-refractivity contribution < 1.29 is 0 Å². The Bertz CT molecular complexity index is 3570. The zero-order valence-corrected chi connectivity index (χ0v) is 33.8. The fourth-order valence-corrected chi connectivity index (χ4v) is 10.1. The van der Waals surface area contributed by atoms with Crippen LogP contribution in [0.5, 0.6) is 0 Å². The van der Waals surface area contributed by atoms with Gasteiger partial charge in [0, 0.05) is 36.9 Å². The van der Waals surface area contributed by atoms with Gasteiger partial charge in [0.15, 0.2) is 17.5 Å². The summed E-state index contributed by atoms with van der Waals surface area (Å²) in [6.45, 7) is 0. The van der Waals surface area contributed by atoms with Gasteiger partial charge in [0.2, 0.25) is 0 Å². The number of aromatic nitrogens is 3. The maximum Gasteiger partial charge on any atom is 0.164 e. The van der Waals surface area contributed by atoms with Crippen molar-refractivity contribution in [3.63, 3.8) is 0 Å². The molecule has 2 aromatic heterocycles. The van der Waals surface area contributed by atoms with Crippen LogP contribution >= 0.6 is 11.3 Å². The molecule has 0 aliphatic heterocycles. The Morgan fingerprint density at radius 3 is 1.31 bits per heavy atom. The van der Waals surface area contributed by atoms with Crippen LogP contribution < -0.4 is 0 Å². The van der Waals surface area contributed by atoms with E-state index < -0.39 is 0 Å². The third-order valence-electron chi connectivity index (χ3n) is 11.9. The van der Waals surface area contributed by atoms with Crippen molar-refractivity contribution >= 4 is 63.8 Å². The highest BCUT2D eigenvalue weighted by atomic mass is 32.1. The lowest BCUT2D eigenvalue weighted by molar-refractivity contribution is 1.08. The van der Waals surface area contributed by atoms with Crippen LogP contribution in [0.2, 0.25) is 0 Å². The van der Waals surface area contributed by atoms with Gasteiger partial charge in [-0.3, -0.25) is 0 Å². The predicted octanol–water partition coefficient (Wildman–Crippen LogP) is 15.7. The molecule has 0 N–H and O–H groups in total. The molecule has 2 heterocycles. The van der Waals surface area contributed by atoms with E-state index >= 15 is 0 Å². The van der Waals surface area contributed by atoms with E-state index in [2.05, 4.69) is 212 Å². The van der Waals surface area contributed by atoms with Gasteiger partial charge in [-0.05, 0) is 102 Å². The summed E-state index contributed by atoms with van der Waals surface area (Å²) in [5.41, 5.74) is 9.91. The smallest absolute Gasteiger partial charge is 0.164 e. The normalized spacial score (nSPS) is 11.6. The van der Waals surface area contributed by atoms with Gasteiger partial charge in [-0.1, -0.05) is 176 Å². The van der Waals surface area contributed by atoms with Gasteiger partial charge < -0.3 is 0 Å². The maximum absolute atomic E-state index is 5.20. The molecule has 0 fully saturated rings. The van der Waals surface area contributed by atoms with E-state index in [-0.39, 0.29) is 0 Å². The van der Waals surface area contributed by atoms with Gasteiger partial charge >= 0.3 is 0 Å². The van der Waals surface area contributed by atoms with E-state index in [4.69, 9.17) is 15.0 Å². The number of rotatable bonds is 6. The van der Waals surface area contributed by atoms with Crippen LogP contribution in [0.4, 0.5) is 0 Å². The van der Waals surface area contributed by atoms with E-state index in [0.717, 1.165) is 54.9 Å². The average Bonchev–Trinajstić information content (AvgIpc) is 3.70. The molecule has 4 heteroatoms. The monoisotopic (exact) mass is 793 g/mol. The van der Waals surface area contributed by atoms with Crippen LogP contribution in [0, 0.1) is 0 Å². The largest absolute Gasteiger partial charge is 0.208 e. The lowest BCUT2D eigenvalue weighted by Crippen LogP contribution is -2.01. The first-order valence-corrected chi connectivity index (χ1v) is 21.4. The Morgan fingerprint density at radius 2 is 0.689 bits per heavy atom. The van der Waals surface area contributed by atoms with Gasteiger partial charge in [0.25, 0.3) is 0 Å². The van der Waals surface area contributed by atoms with E-state index in [0.29, 0.717) is 17.5 Å². The molecular weight excluding hydrogens is 759 g/mol. The fourth-order valence-electron chi connectivity index (χ4n) is 8.92. The molecule has 284 valence electrons.